The fourth-order valence-electron chi connectivity index (χ4n) is 3.53. The van der Waals surface area contributed by atoms with Gasteiger partial charge in [-0.15, -0.1) is 0 Å². The van der Waals surface area contributed by atoms with Crippen molar-refractivity contribution in [3.8, 4) is 0 Å². The Morgan fingerprint density at radius 2 is 2.00 bits per heavy atom. The first kappa shape index (κ1) is 16.3. The van der Waals surface area contributed by atoms with Crippen molar-refractivity contribution in [2.75, 3.05) is 26.4 Å². The Kier molecular flexibility index (Phi) is 7.92. The van der Waals surface area contributed by atoms with Crippen LogP contribution in [0.25, 0.3) is 0 Å². The van der Waals surface area contributed by atoms with E-state index in [2.05, 4.69) is 12.2 Å². The molecule has 0 aromatic carbocycles. The van der Waals surface area contributed by atoms with E-state index in [0.717, 1.165) is 44.7 Å². The van der Waals surface area contributed by atoms with Gasteiger partial charge in [-0.25, -0.2) is 0 Å². The highest BCUT2D eigenvalue weighted by Crippen LogP contribution is 2.27. The van der Waals surface area contributed by atoms with Crippen molar-refractivity contribution in [1.82, 2.24) is 5.32 Å². The molecule has 1 N–H and O–H groups in total. The van der Waals surface area contributed by atoms with Crippen LogP contribution in [0.3, 0.4) is 0 Å². The van der Waals surface area contributed by atoms with Crippen LogP contribution in [0.1, 0.15) is 64.7 Å². The monoisotopic (exact) mass is 283 g/mol. The van der Waals surface area contributed by atoms with Crippen molar-refractivity contribution >= 4 is 0 Å². The Morgan fingerprint density at radius 3 is 2.70 bits per heavy atom. The van der Waals surface area contributed by atoms with Gasteiger partial charge < -0.3 is 14.8 Å². The van der Waals surface area contributed by atoms with Crippen LogP contribution in [0.2, 0.25) is 0 Å². The highest BCUT2D eigenvalue weighted by atomic mass is 16.5. The van der Waals surface area contributed by atoms with Gasteiger partial charge in [0, 0.05) is 19.3 Å². The number of rotatable bonds is 9. The smallest absolute Gasteiger partial charge is 0.0809 e. The predicted octanol–water partition coefficient (Wildman–Crippen LogP) is 3.52. The molecule has 2 aliphatic rings. The molecule has 2 fully saturated rings. The van der Waals surface area contributed by atoms with E-state index in [1.54, 1.807) is 0 Å². The van der Waals surface area contributed by atoms with Crippen LogP contribution in [0.4, 0.5) is 0 Å². The van der Waals surface area contributed by atoms with Gasteiger partial charge in [0.05, 0.1) is 12.7 Å². The fourth-order valence-corrected chi connectivity index (χ4v) is 3.53. The largest absolute Gasteiger partial charge is 0.379 e. The number of hydrogen-bond acceptors (Lipinski definition) is 3. The topological polar surface area (TPSA) is 30.5 Å². The van der Waals surface area contributed by atoms with E-state index < -0.39 is 0 Å². The SMILES string of the molecule is CCCC1CCC(NCCCOCC2CCCO2)CC1. The van der Waals surface area contributed by atoms with E-state index >= 15 is 0 Å². The molecule has 1 aliphatic carbocycles. The minimum absolute atomic E-state index is 0.372. The molecule has 0 radical (unpaired) electrons. The Bertz CT molecular complexity index is 233. The van der Waals surface area contributed by atoms with Crippen LogP contribution in [-0.4, -0.2) is 38.5 Å². The third-order valence-corrected chi connectivity index (χ3v) is 4.77. The molecule has 1 atom stereocenters. The second-order valence-electron chi connectivity index (χ2n) is 6.52. The van der Waals surface area contributed by atoms with Gasteiger partial charge >= 0.3 is 0 Å². The molecule has 0 aromatic heterocycles. The molecule has 0 spiro atoms. The summed E-state index contributed by atoms with van der Waals surface area (Å²) in [6.07, 6.45) is 12.3. The second kappa shape index (κ2) is 9.75. The van der Waals surface area contributed by atoms with Gasteiger partial charge in [-0.05, 0) is 57.4 Å². The average Bonchev–Trinajstić information content (AvgIpc) is 2.98. The highest BCUT2D eigenvalue weighted by molar-refractivity contribution is 4.76. The standard InChI is InChI=1S/C17H33NO2/c1-2-5-15-7-9-16(10-8-15)18-11-4-12-19-14-17-6-3-13-20-17/h15-18H,2-14H2,1H3. The maximum Gasteiger partial charge on any atom is 0.0809 e. The summed E-state index contributed by atoms with van der Waals surface area (Å²) in [4.78, 5) is 0. The van der Waals surface area contributed by atoms with Gasteiger partial charge in [0.25, 0.3) is 0 Å². The maximum absolute atomic E-state index is 5.69. The Labute approximate surface area is 124 Å². The second-order valence-corrected chi connectivity index (χ2v) is 6.52. The van der Waals surface area contributed by atoms with Crippen LogP contribution < -0.4 is 5.32 Å². The summed E-state index contributed by atoms with van der Waals surface area (Å²) < 4.78 is 11.2. The van der Waals surface area contributed by atoms with Crippen LogP contribution in [0, 0.1) is 5.92 Å². The average molecular weight is 283 g/mol. The molecule has 0 amide bonds. The van der Waals surface area contributed by atoms with Crippen LogP contribution in [0.15, 0.2) is 0 Å². The summed E-state index contributed by atoms with van der Waals surface area (Å²) in [5, 5.41) is 3.70. The maximum atomic E-state index is 5.69. The minimum Gasteiger partial charge on any atom is -0.379 e. The Morgan fingerprint density at radius 1 is 1.15 bits per heavy atom. The zero-order valence-electron chi connectivity index (χ0n) is 13.2. The van der Waals surface area contributed by atoms with Gasteiger partial charge in [-0.1, -0.05) is 19.8 Å². The molecule has 0 bridgehead atoms. The van der Waals surface area contributed by atoms with E-state index in [9.17, 15) is 0 Å². The number of hydrogen-bond donors (Lipinski definition) is 1. The van der Waals surface area contributed by atoms with Gasteiger partial charge in [-0.2, -0.15) is 0 Å². The van der Waals surface area contributed by atoms with E-state index in [0.29, 0.717) is 6.10 Å². The van der Waals surface area contributed by atoms with Crippen LogP contribution >= 0.6 is 0 Å². The van der Waals surface area contributed by atoms with Crippen molar-refractivity contribution in [3.63, 3.8) is 0 Å². The van der Waals surface area contributed by atoms with Crippen molar-refractivity contribution in [2.45, 2.75) is 76.9 Å². The van der Waals surface area contributed by atoms with E-state index in [1.807, 2.05) is 0 Å². The van der Waals surface area contributed by atoms with Gasteiger partial charge in [0.1, 0.15) is 0 Å². The molecular formula is C17H33NO2. The number of ether oxygens (including phenoxy) is 2. The molecule has 0 aromatic rings. The number of nitrogens with one attached hydrogen (secondary N) is 1. The molecule has 1 saturated carbocycles. The molecular weight excluding hydrogens is 250 g/mol. The van der Waals surface area contributed by atoms with Crippen molar-refractivity contribution in [2.24, 2.45) is 5.92 Å². The molecule has 1 heterocycles. The van der Waals surface area contributed by atoms with Gasteiger partial charge in [-0.3, -0.25) is 0 Å². The van der Waals surface area contributed by atoms with Crippen molar-refractivity contribution in [3.05, 3.63) is 0 Å². The lowest BCUT2D eigenvalue weighted by Gasteiger charge is -2.29. The third-order valence-electron chi connectivity index (χ3n) is 4.77. The molecule has 1 unspecified atom stereocenters. The van der Waals surface area contributed by atoms with Gasteiger partial charge in [0.2, 0.25) is 0 Å². The van der Waals surface area contributed by atoms with Gasteiger partial charge in [0.15, 0.2) is 0 Å². The zero-order valence-corrected chi connectivity index (χ0v) is 13.2. The van der Waals surface area contributed by atoms with E-state index in [-0.39, 0.29) is 0 Å². The quantitative estimate of drug-likeness (QED) is 0.657. The van der Waals surface area contributed by atoms with E-state index in [1.165, 1.54) is 51.4 Å². The molecule has 1 aliphatic heterocycles. The first-order chi connectivity index (χ1) is 9.88. The Hall–Kier alpha value is -0.120. The summed E-state index contributed by atoms with van der Waals surface area (Å²) in [5.74, 6) is 1.01. The summed E-state index contributed by atoms with van der Waals surface area (Å²) >= 11 is 0. The zero-order chi connectivity index (χ0) is 14.0. The first-order valence-electron chi connectivity index (χ1n) is 8.81. The normalized spacial score (nSPS) is 30.8. The minimum atomic E-state index is 0.372. The lowest BCUT2D eigenvalue weighted by molar-refractivity contribution is 0.0164. The molecule has 3 nitrogen and oxygen atoms in total. The van der Waals surface area contributed by atoms with Crippen molar-refractivity contribution < 1.29 is 9.47 Å². The highest BCUT2D eigenvalue weighted by Gasteiger charge is 2.19. The Balaban J connectivity index is 1.40. The molecule has 20 heavy (non-hydrogen) atoms. The summed E-state index contributed by atoms with van der Waals surface area (Å²) in [6.45, 7) is 6.01. The summed E-state index contributed by atoms with van der Waals surface area (Å²) in [5.41, 5.74) is 0. The predicted molar refractivity (Wildman–Crippen MR) is 83.1 cm³/mol. The molecule has 1 saturated heterocycles. The van der Waals surface area contributed by atoms with Crippen LogP contribution in [0.5, 0.6) is 0 Å². The molecule has 3 heteroatoms. The lowest BCUT2D eigenvalue weighted by atomic mass is 9.83. The molecule has 2 rings (SSSR count). The van der Waals surface area contributed by atoms with Crippen molar-refractivity contribution in [1.29, 1.82) is 0 Å². The summed E-state index contributed by atoms with van der Waals surface area (Å²) in [6, 6.07) is 0.765. The first-order valence-corrected chi connectivity index (χ1v) is 8.81. The lowest BCUT2D eigenvalue weighted by Crippen LogP contribution is -2.34. The molecule has 118 valence electrons. The summed E-state index contributed by atoms with van der Waals surface area (Å²) in [7, 11) is 0. The fraction of sp³-hybridized carbons (Fsp3) is 1.00. The van der Waals surface area contributed by atoms with E-state index in [4.69, 9.17) is 9.47 Å². The third kappa shape index (κ3) is 6.11. The van der Waals surface area contributed by atoms with Crippen LogP contribution in [-0.2, 0) is 9.47 Å².